The van der Waals surface area contributed by atoms with Gasteiger partial charge in [0.2, 0.25) is 11.8 Å². The minimum absolute atomic E-state index is 0.422. The lowest BCUT2D eigenvalue weighted by Crippen LogP contribution is -2.43. The summed E-state index contributed by atoms with van der Waals surface area (Å²) in [4.78, 5) is 22.2. The summed E-state index contributed by atoms with van der Waals surface area (Å²) in [7, 11) is 0. The second-order valence-electron chi connectivity index (χ2n) is 3.27. The zero-order chi connectivity index (χ0) is 10.1. The number of hydrogen-bond acceptors (Lipinski definition) is 3. The number of hydrogen-bond donors (Lipinski definition) is 2. The summed E-state index contributed by atoms with van der Waals surface area (Å²) >= 11 is 0. The monoisotopic (exact) mass is 181 g/mol. The van der Waals surface area contributed by atoms with Gasteiger partial charge in [0, 0.05) is 0 Å². The van der Waals surface area contributed by atoms with Crippen LogP contribution in [0.5, 0.6) is 0 Å². The van der Waals surface area contributed by atoms with Gasteiger partial charge in [0.25, 0.3) is 0 Å². The van der Waals surface area contributed by atoms with E-state index in [1.807, 2.05) is 6.07 Å². The lowest BCUT2D eigenvalue weighted by Gasteiger charge is -2.12. The Labute approximate surface area is 75.9 Å². The molecule has 70 valence electrons. The summed E-state index contributed by atoms with van der Waals surface area (Å²) in [5.41, 5.74) is 4.05. The molecule has 0 spiro atoms. The van der Waals surface area contributed by atoms with Crippen molar-refractivity contribution in [3.63, 3.8) is 0 Å². The van der Waals surface area contributed by atoms with Gasteiger partial charge in [-0.3, -0.25) is 9.59 Å². The van der Waals surface area contributed by atoms with Gasteiger partial charge in [0.05, 0.1) is 6.07 Å². The number of nitrogens with one attached hydrogen (secondary N) is 1. The molecular formula is C8H11N3O2. The molecule has 1 rings (SSSR count). The smallest absolute Gasteiger partial charge is 0.236 e. The number of carbonyl (C=O) groups excluding carboxylic acids is 2. The van der Waals surface area contributed by atoms with Crippen LogP contribution in [0.25, 0.3) is 0 Å². The first-order valence-electron chi connectivity index (χ1n) is 4.03. The molecule has 0 aromatic carbocycles. The Bertz CT molecular complexity index is 288. The highest BCUT2D eigenvalue weighted by molar-refractivity contribution is 6.07. The SMILES string of the molecule is C[C@H](C#N)NC(=O)C1(C(N)=O)CC1. The van der Waals surface area contributed by atoms with Crippen molar-refractivity contribution in [2.45, 2.75) is 25.8 Å². The molecule has 3 N–H and O–H groups in total. The number of rotatable bonds is 3. The quantitative estimate of drug-likeness (QED) is 0.562. The fourth-order valence-electron chi connectivity index (χ4n) is 1.08. The maximum Gasteiger partial charge on any atom is 0.236 e. The first-order chi connectivity index (χ1) is 6.03. The molecule has 0 aliphatic heterocycles. The third-order valence-electron chi connectivity index (χ3n) is 2.20. The molecule has 2 amide bonds. The van der Waals surface area contributed by atoms with Gasteiger partial charge < -0.3 is 11.1 Å². The summed E-state index contributed by atoms with van der Waals surface area (Å²) in [6.07, 6.45) is 0.985. The summed E-state index contributed by atoms with van der Waals surface area (Å²) < 4.78 is 0. The fourth-order valence-corrected chi connectivity index (χ4v) is 1.08. The minimum Gasteiger partial charge on any atom is -0.369 e. The molecule has 0 bridgehead atoms. The highest BCUT2D eigenvalue weighted by atomic mass is 16.2. The number of amides is 2. The third-order valence-corrected chi connectivity index (χ3v) is 2.20. The molecular weight excluding hydrogens is 170 g/mol. The maximum atomic E-state index is 11.4. The molecule has 0 radical (unpaired) electrons. The zero-order valence-corrected chi connectivity index (χ0v) is 7.33. The van der Waals surface area contributed by atoms with Crippen LogP contribution in [0.4, 0.5) is 0 Å². The molecule has 0 unspecified atom stereocenters. The Hall–Kier alpha value is -1.57. The molecule has 0 heterocycles. The van der Waals surface area contributed by atoms with Gasteiger partial charge in [-0.25, -0.2) is 0 Å². The van der Waals surface area contributed by atoms with Crippen molar-refractivity contribution in [2.24, 2.45) is 11.1 Å². The molecule has 1 aliphatic carbocycles. The number of primary amides is 1. The van der Waals surface area contributed by atoms with E-state index < -0.39 is 23.3 Å². The lowest BCUT2D eigenvalue weighted by atomic mass is 10.1. The lowest BCUT2D eigenvalue weighted by molar-refractivity contribution is -0.135. The van der Waals surface area contributed by atoms with Gasteiger partial charge in [-0.1, -0.05) is 0 Å². The molecule has 13 heavy (non-hydrogen) atoms. The predicted octanol–water partition coefficient (Wildman–Crippen LogP) is -0.720. The van der Waals surface area contributed by atoms with Crippen LogP contribution in [-0.4, -0.2) is 17.9 Å². The highest BCUT2D eigenvalue weighted by Crippen LogP contribution is 2.45. The molecule has 1 saturated carbocycles. The second-order valence-corrected chi connectivity index (χ2v) is 3.27. The highest BCUT2D eigenvalue weighted by Gasteiger charge is 2.55. The van der Waals surface area contributed by atoms with E-state index >= 15 is 0 Å². The molecule has 5 heteroatoms. The van der Waals surface area contributed by atoms with Gasteiger partial charge in [-0.05, 0) is 19.8 Å². The summed E-state index contributed by atoms with van der Waals surface area (Å²) in [5, 5.41) is 10.8. The number of nitriles is 1. The Morgan fingerprint density at radius 2 is 2.15 bits per heavy atom. The van der Waals surface area contributed by atoms with E-state index in [1.165, 1.54) is 0 Å². The van der Waals surface area contributed by atoms with Crippen LogP contribution in [-0.2, 0) is 9.59 Å². The minimum atomic E-state index is -1.02. The molecule has 0 aromatic heterocycles. The predicted molar refractivity (Wildman–Crippen MR) is 44.1 cm³/mol. The van der Waals surface area contributed by atoms with Crippen molar-refractivity contribution in [1.29, 1.82) is 5.26 Å². The first kappa shape index (κ1) is 9.52. The van der Waals surface area contributed by atoms with Crippen molar-refractivity contribution in [3.8, 4) is 6.07 Å². The molecule has 0 saturated heterocycles. The molecule has 5 nitrogen and oxygen atoms in total. The fraction of sp³-hybridized carbons (Fsp3) is 0.625. The van der Waals surface area contributed by atoms with E-state index in [9.17, 15) is 9.59 Å². The van der Waals surface area contributed by atoms with E-state index in [-0.39, 0.29) is 0 Å². The van der Waals surface area contributed by atoms with Gasteiger partial charge in [-0.15, -0.1) is 0 Å². The molecule has 1 aliphatic rings. The summed E-state index contributed by atoms with van der Waals surface area (Å²) in [5.74, 6) is -1.02. The largest absolute Gasteiger partial charge is 0.369 e. The van der Waals surface area contributed by atoms with E-state index in [0.717, 1.165) is 0 Å². The van der Waals surface area contributed by atoms with Gasteiger partial charge in [0.15, 0.2) is 0 Å². The average molecular weight is 181 g/mol. The topological polar surface area (TPSA) is 96.0 Å². The summed E-state index contributed by atoms with van der Waals surface area (Å²) in [6, 6.07) is 1.27. The van der Waals surface area contributed by atoms with Crippen molar-refractivity contribution in [2.75, 3.05) is 0 Å². The normalized spacial score (nSPS) is 19.7. The van der Waals surface area contributed by atoms with Crippen molar-refractivity contribution in [1.82, 2.24) is 5.32 Å². The van der Waals surface area contributed by atoms with E-state index in [4.69, 9.17) is 11.0 Å². The van der Waals surface area contributed by atoms with Gasteiger partial charge in [0.1, 0.15) is 11.5 Å². The van der Waals surface area contributed by atoms with Crippen LogP contribution < -0.4 is 11.1 Å². The van der Waals surface area contributed by atoms with Crippen molar-refractivity contribution >= 4 is 11.8 Å². The Balaban J connectivity index is 2.60. The number of nitrogens with two attached hydrogens (primary N) is 1. The standard InChI is InChI=1S/C8H11N3O2/c1-5(4-9)11-7(13)8(2-3-8)6(10)12/h5H,2-3H2,1H3,(H2,10,12)(H,11,13)/t5-/m1/s1. The van der Waals surface area contributed by atoms with E-state index in [0.29, 0.717) is 12.8 Å². The van der Waals surface area contributed by atoms with Gasteiger partial charge >= 0.3 is 0 Å². The first-order valence-corrected chi connectivity index (χ1v) is 4.03. The Morgan fingerprint density at radius 1 is 1.62 bits per heavy atom. The van der Waals surface area contributed by atoms with Gasteiger partial charge in [-0.2, -0.15) is 5.26 Å². The zero-order valence-electron chi connectivity index (χ0n) is 7.33. The van der Waals surface area contributed by atoms with E-state index in [2.05, 4.69) is 5.32 Å². The van der Waals surface area contributed by atoms with Crippen LogP contribution in [0.15, 0.2) is 0 Å². The van der Waals surface area contributed by atoms with Crippen LogP contribution in [0.1, 0.15) is 19.8 Å². The Kier molecular flexibility index (Phi) is 2.24. The number of carbonyl (C=O) groups is 2. The van der Waals surface area contributed by atoms with Crippen molar-refractivity contribution in [3.05, 3.63) is 0 Å². The van der Waals surface area contributed by atoms with Crippen LogP contribution >= 0.6 is 0 Å². The summed E-state index contributed by atoms with van der Waals surface area (Å²) in [6.45, 7) is 1.55. The maximum absolute atomic E-state index is 11.4. The van der Waals surface area contributed by atoms with Crippen LogP contribution in [0.3, 0.4) is 0 Å². The van der Waals surface area contributed by atoms with E-state index in [1.54, 1.807) is 6.92 Å². The number of nitrogens with zero attached hydrogens (tertiary/aromatic N) is 1. The Morgan fingerprint density at radius 3 is 2.46 bits per heavy atom. The van der Waals surface area contributed by atoms with Crippen LogP contribution in [0, 0.1) is 16.7 Å². The van der Waals surface area contributed by atoms with Crippen molar-refractivity contribution < 1.29 is 9.59 Å². The average Bonchev–Trinajstić information content (AvgIpc) is 2.83. The second kappa shape index (κ2) is 3.05. The molecule has 1 fully saturated rings. The molecule has 0 aromatic rings. The molecule has 1 atom stereocenters. The third kappa shape index (κ3) is 1.61. The van der Waals surface area contributed by atoms with Crippen LogP contribution in [0.2, 0.25) is 0 Å².